The first-order valence-electron chi connectivity index (χ1n) is 6.38. The van der Waals surface area contributed by atoms with Crippen LogP contribution in [0.25, 0.3) is 21.7 Å². The number of rotatable bonds is 3. The zero-order valence-electron chi connectivity index (χ0n) is 11.0. The molecule has 0 saturated heterocycles. The Morgan fingerprint density at radius 1 is 1.25 bits per heavy atom. The highest BCUT2D eigenvalue weighted by Crippen LogP contribution is 2.40. The summed E-state index contributed by atoms with van der Waals surface area (Å²) < 4.78 is 0. The van der Waals surface area contributed by atoms with Crippen LogP contribution < -0.4 is 5.73 Å². The summed E-state index contributed by atoms with van der Waals surface area (Å²) in [5.41, 5.74) is 8.73. The molecule has 102 valence electrons. The first kappa shape index (κ1) is 13.2. The number of hydrogen-bond donors (Lipinski definition) is 2. The van der Waals surface area contributed by atoms with E-state index in [-0.39, 0.29) is 0 Å². The second-order valence-electron chi connectivity index (χ2n) is 4.46. The highest BCUT2D eigenvalue weighted by atomic mass is 35.5. The maximum absolute atomic E-state index is 6.29. The zero-order valence-corrected chi connectivity index (χ0v) is 12.6. The molecular formula is C15H14ClN3S. The molecule has 2 aromatic heterocycles. The average Bonchev–Trinajstić information content (AvgIpc) is 3.06. The lowest BCUT2D eigenvalue weighted by Crippen LogP contribution is -1.89. The fraction of sp³-hybridized carbons (Fsp3) is 0.133. The summed E-state index contributed by atoms with van der Waals surface area (Å²) in [5.74, 6) is 0.472. The van der Waals surface area contributed by atoms with Crippen molar-refractivity contribution < 1.29 is 0 Å². The summed E-state index contributed by atoms with van der Waals surface area (Å²) in [6.07, 6.45) is 1.02. The normalized spacial score (nSPS) is 10.9. The van der Waals surface area contributed by atoms with Crippen molar-refractivity contribution >= 4 is 28.8 Å². The number of benzene rings is 1. The van der Waals surface area contributed by atoms with E-state index in [4.69, 9.17) is 17.3 Å². The second kappa shape index (κ2) is 5.31. The lowest BCUT2D eigenvalue weighted by Gasteiger charge is -2.05. The molecule has 2 heterocycles. The number of H-pyrrole nitrogens is 1. The molecule has 5 heteroatoms. The number of thiophene rings is 1. The average molecular weight is 304 g/mol. The lowest BCUT2D eigenvalue weighted by molar-refractivity contribution is 1.11. The monoisotopic (exact) mass is 303 g/mol. The fourth-order valence-corrected chi connectivity index (χ4v) is 3.35. The quantitative estimate of drug-likeness (QED) is 0.742. The number of aromatic amines is 1. The van der Waals surface area contributed by atoms with E-state index in [2.05, 4.69) is 29.3 Å². The Morgan fingerprint density at radius 2 is 2.05 bits per heavy atom. The molecule has 3 N–H and O–H groups in total. The number of aromatic nitrogens is 2. The molecule has 0 saturated carbocycles. The van der Waals surface area contributed by atoms with Crippen molar-refractivity contribution in [1.82, 2.24) is 10.2 Å². The molecule has 0 aliphatic carbocycles. The van der Waals surface area contributed by atoms with Gasteiger partial charge in [-0.25, -0.2) is 0 Å². The minimum absolute atomic E-state index is 0.472. The van der Waals surface area contributed by atoms with Crippen LogP contribution in [0, 0.1) is 0 Å². The van der Waals surface area contributed by atoms with Crippen LogP contribution in [-0.2, 0) is 6.42 Å². The van der Waals surface area contributed by atoms with E-state index in [0.29, 0.717) is 10.8 Å². The van der Waals surface area contributed by atoms with Gasteiger partial charge >= 0.3 is 0 Å². The SMILES string of the molecule is CCc1ccc(-c2[nH]nc(N)c2-c2ccccc2Cl)s1. The van der Waals surface area contributed by atoms with E-state index in [1.165, 1.54) is 4.88 Å². The van der Waals surface area contributed by atoms with Gasteiger partial charge < -0.3 is 5.73 Å². The Kier molecular flexibility index (Phi) is 3.51. The Labute approximate surface area is 126 Å². The van der Waals surface area contributed by atoms with Crippen LogP contribution in [-0.4, -0.2) is 10.2 Å². The molecule has 0 bridgehead atoms. The van der Waals surface area contributed by atoms with Crippen molar-refractivity contribution in [2.24, 2.45) is 0 Å². The van der Waals surface area contributed by atoms with Crippen LogP contribution in [0.15, 0.2) is 36.4 Å². The molecule has 3 aromatic rings. The van der Waals surface area contributed by atoms with Crippen LogP contribution in [0.5, 0.6) is 0 Å². The van der Waals surface area contributed by atoms with E-state index < -0.39 is 0 Å². The van der Waals surface area contributed by atoms with Gasteiger partial charge in [-0.2, -0.15) is 5.10 Å². The molecule has 0 fully saturated rings. The molecule has 3 nitrogen and oxygen atoms in total. The summed E-state index contributed by atoms with van der Waals surface area (Å²) in [6.45, 7) is 2.14. The molecule has 0 amide bonds. The third-order valence-electron chi connectivity index (χ3n) is 3.19. The highest BCUT2D eigenvalue weighted by molar-refractivity contribution is 7.15. The predicted molar refractivity (Wildman–Crippen MR) is 86.1 cm³/mol. The van der Waals surface area contributed by atoms with Crippen molar-refractivity contribution in [1.29, 1.82) is 0 Å². The van der Waals surface area contributed by atoms with Crippen LogP contribution in [0.2, 0.25) is 5.02 Å². The first-order chi connectivity index (χ1) is 9.70. The van der Waals surface area contributed by atoms with Crippen molar-refractivity contribution in [3.8, 4) is 21.7 Å². The molecule has 0 atom stereocenters. The summed E-state index contributed by atoms with van der Waals surface area (Å²) in [7, 11) is 0. The molecule has 1 aromatic carbocycles. The molecule has 3 rings (SSSR count). The molecule has 0 unspecified atom stereocenters. The van der Waals surface area contributed by atoms with Gasteiger partial charge in [0.25, 0.3) is 0 Å². The minimum atomic E-state index is 0.472. The smallest absolute Gasteiger partial charge is 0.153 e. The summed E-state index contributed by atoms with van der Waals surface area (Å²) in [6, 6.07) is 11.9. The number of nitrogens with zero attached hydrogens (tertiary/aromatic N) is 1. The summed E-state index contributed by atoms with van der Waals surface area (Å²) in [5, 5.41) is 7.85. The molecule has 0 spiro atoms. The van der Waals surface area contributed by atoms with Gasteiger partial charge in [0.15, 0.2) is 5.82 Å². The van der Waals surface area contributed by atoms with Crippen LogP contribution in [0.3, 0.4) is 0 Å². The first-order valence-corrected chi connectivity index (χ1v) is 7.58. The second-order valence-corrected chi connectivity index (χ2v) is 6.03. The Morgan fingerprint density at radius 3 is 2.75 bits per heavy atom. The Hall–Kier alpha value is -1.78. The molecule has 0 radical (unpaired) electrons. The fourth-order valence-electron chi connectivity index (χ4n) is 2.17. The zero-order chi connectivity index (χ0) is 14.1. The number of aryl methyl sites for hydroxylation is 1. The van der Waals surface area contributed by atoms with Crippen molar-refractivity contribution in [2.75, 3.05) is 5.73 Å². The topological polar surface area (TPSA) is 54.7 Å². The van der Waals surface area contributed by atoms with E-state index >= 15 is 0 Å². The van der Waals surface area contributed by atoms with Gasteiger partial charge in [-0.3, -0.25) is 5.10 Å². The van der Waals surface area contributed by atoms with Crippen molar-refractivity contribution in [3.05, 3.63) is 46.3 Å². The van der Waals surface area contributed by atoms with Gasteiger partial charge in [-0.15, -0.1) is 11.3 Å². The minimum Gasteiger partial charge on any atom is -0.382 e. The number of hydrogen-bond acceptors (Lipinski definition) is 3. The third kappa shape index (κ3) is 2.21. The molecular weight excluding hydrogens is 290 g/mol. The predicted octanol–water partition coefficient (Wildman–Crippen LogP) is 4.60. The highest BCUT2D eigenvalue weighted by Gasteiger charge is 2.17. The molecule has 0 aliphatic rings. The van der Waals surface area contributed by atoms with Crippen LogP contribution in [0.1, 0.15) is 11.8 Å². The van der Waals surface area contributed by atoms with Gasteiger partial charge in [0, 0.05) is 15.5 Å². The van der Waals surface area contributed by atoms with Crippen LogP contribution >= 0.6 is 22.9 Å². The number of halogens is 1. The third-order valence-corrected chi connectivity index (χ3v) is 4.77. The Bertz CT molecular complexity index is 745. The van der Waals surface area contributed by atoms with Gasteiger partial charge in [0.1, 0.15) is 0 Å². The molecule has 0 aliphatic heterocycles. The standard InChI is InChI=1S/C15H14ClN3S/c1-2-9-7-8-12(20-9)14-13(15(17)19-18-14)10-5-3-4-6-11(10)16/h3-8H,2H2,1H3,(H3,17,18,19). The number of nitrogens with two attached hydrogens (primary N) is 1. The Balaban J connectivity index is 2.17. The van der Waals surface area contributed by atoms with Crippen molar-refractivity contribution in [3.63, 3.8) is 0 Å². The van der Waals surface area contributed by atoms with Crippen LogP contribution in [0.4, 0.5) is 5.82 Å². The lowest BCUT2D eigenvalue weighted by atomic mass is 10.0. The summed E-state index contributed by atoms with van der Waals surface area (Å²) in [4.78, 5) is 2.46. The van der Waals surface area contributed by atoms with Gasteiger partial charge in [0.05, 0.1) is 16.1 Å². The summed E-state index contributed by atoms with van der Waals surface area (Å²) >= 11 is 8.03. The molecule has 20 heavy (non-hydrogen) atoms. The largest absolute Gasteiger partial charge is 0.382 e. The van der Waals surface area contributed by atoms with E-state index in [1.54, 1.807) is 11.3 Å². The maximum Gasteiger partial charge on any atom is 0.153 e. The van der Waals surface area contributed by atoms with E-state index in [9.17, 15) is 0 Å². The number of nitrogen functional groups attached to an aromatic ring is 1. The maximum atomic E-state index is 6.29. The van der Waals surface area contributed by atoms with E-state index in [1.807, 2.05) is 24.3 Å². The number of nitrogens with one attached hydrogen (secondary N) is 1. The van der Waals surface area contributed by atoms with Gasteiger partial charge in [-0.1, -0.05) is 36.7 Å². The van der Waals surface area contributed by atoms with E-state index in [0.717, 1.165) is 28.1 Å². The van der Waals surface area contributed by atoms with Crippen molar-refractivity contribution in [2.45, 2.75) is 13.3 Å². The van der Waals surface area contributed by atoms with Gasteiger partial charge in [-0.05, 0) is 24.6 Å². The number of anilines is 1. The van der Waals surface area contributed by atoms with Gasteiger partial charge in [0.2, 0.25) is 0 Å².